The maximum Gasteiger partial charge on any atom is 0.490 e. The molecule has 11 nitrogen and oxygen atoms in total. The summed E-state index contributed by atoms with van der Waals surface area (Å²) >= 11 is 0. The SMILES string of the molecule is CN(C)C(=O)[C@H](O)CNC(=O)c1cccc(Nc2ccc3[nH]ncc3c2)n1.O=C(O)C(F)(F)F. The molecule has 2 aromatic heterocycles. The molecule has 2 amide bonds. The van der Waals surface area contributed by atoms with Crippen LogP contribution in [-0.4, -0.2) is 81.0 Å². The van der Waals surface area contributed by atoms with Crippen LogP contribution in [0.5, 0.6) is 0 Å². The number of fused-ring (bicyclic) bond motifs is 1. The summed E-state index contributed by atoms with van der Waals surface area (Å²) in [6.07, 6.45) is -4.66. The first-order valence-electron chi connectivity index (χ1n) is 9.53. The molecule has 14 heteroatoms. The van der Waals surface area contributed by atoms with Crippen LogP contribution in [0.15, 0.2) is 42.6 Å². The van der Waals surface area contributed by atoms with Crippen LogP contribution in [-0.2, 0) is 9.59 Å². The van der Waals surface area contributed by atoms with Crippen molar-refractivity contribution in [3.8, 4) is 0 Å². The molecule has 1 atom stereocenters. The van der Waals surface area contributed by atoms with E-state index in [1.54, 1.807) is 24.4 Å². The Morgan fingerprint density at radius 1 is 1.18 bits per heavy atom. The standard InChI is InChI=1S/C18H20N6O3.C2HF3O2/c1-24(2)18(27)15(25)10-19-17(26)14-4-3-5-16(22-14)21-12-6-7-13-11(8-12)9-20-23-13;3-2(4,5)1(6)7/h3-9,15,25H,10H2,1-2H3,(H,19,26)(H,20,23)(H,21,22);(H,6,7)/t15-;/m1./s1. The van der Waals surface area contributed by atoms with Crippen molar-refractivity contribution in [2.75, 3.05) is 26.0 Å². The highest BCUT2D eigenvalue weighted by molar-refractivity contribution is 5.93. The number of aliphatic hydroxyl groups excluding tert-OH is 1. The van der Waals surface area contributed by atoms with Crippen molar-refractivity contribution < 1.29 is 37.8 Å². The molecule has 1 aromatic carbocycles. The highest BCUT2D eigenvalue weighted by Gasteiger charge is 2.38. The minimum Gasteiger partial charge on any atom is -0.475 e. The number of aromatic nitrogens is 3. The molecule has 0 bridgehead atoms. The van der Waals surface area contributed by atoms with Gasteiger partial charge in [-0.3, -0.25) is 14.7 Å². The van der Waals surface area contributed by atoms with E-state index in [-0.39, 0.29) is 12.2 Å². The molecule has 2 heterocycles. The number of rotatable bonds is 6. The van der Waals surface area contributed by atoms with Crippen LogP contribution in [0, 0.1) is 0 Å². The number of aliphatic carboxylic acids is 1. The van der Waals surface area contributed by atoms with Gasteiger partial charge in [-0.2, -0.15) is 18.3 Å². The fourth-order valence-electron chi connectivity index (χ4n) is 2.46. The minimum absolute atomic E-state index is 0.175. The predicted octanol–water partition coefficient (Wildman–Crippen LogP) is 1.51. The number of anilines is 2. The second-order valence-corrected chi connectivity index (χ2v) is 6.97. The first-order valence-corrected chi connectivity index (χ1v) is 9.53. The van der Waals surface area contributed by atoms with Gasteiger partial charge in [0.1, 0.15) is 17.6 Å². The van der Waals surface area contributed by atoms with Gasteiger partial charge >= 0.3 is 12.1 Å². The summed E-state index contributed by atoms with van der Waals surface area (Å²) in [5.41, 5.74) is 1.90. The van der Waals surface area contributed by atoms with Crippen molar-refractivity contribution in [2.24, 2.45) is 0 Å². The number of nitrogens with one attached hydrogen (secondary N) is 3. The van der Waals surface area contributed by atoms with Crippen molar-refractivity contribution >= 4 is 40.2 Å². The fourth-order valence-corrected chi connectivity index (χ4v) is 2.46. The van der Waals surface area contributed by atoms with Gasteiger partial charge in [0.05, 0.1) is 18.3 Å². The molecule has 0 saturated heterocycles. The normalized spacial score (nSPS) is 11.7. The van der Waals surface area contributed by atoms with E-state index in [0.29, 0.717) is 5.82 Å². The highest BCUT2D eigenvalue weighted by atomic mass is 19.4. The number of nitrogens with zero attached hydrogens (tertiary/aromatic N) is 3. The number of carboxylic acids is 1. The van der Waals surface area contributed by atoms with Crippen LogP contribution in [0.4, 0.5) is 24.7 Å². The Morgan fingerprint density at radius 3 is 2.47 bits per heavy atom. The average molecular weight is 482 g/mol. The van der Waals surface area contributed by atoms with Gasteiger partial charge in [-0.1, -0.05) is 6.07 Å². The summed E-state index contributed by atoms with van der Waals surface area (Å²) in [6, 6.07) is 10.7. The van der Waals surface area contributed by atoms with Gasteiger partial charge < -0.3 is 25.7 Å². The minimum atomic E-state index is -5.08. The molecule has 0 aliphatic rings. The molecular weight excluding hydrogens is 461 g/mol. The third kappa shape index (κ3) is 7.44. The number of likely N-dealkylation sites (N-methyl/N-ethyl adjacent to an activating group) is 1. The zero-order valence-electron chi connectivity index (χ0n) is 17.9. The predicted molar refractivity (Wildman–Crippen MR) is 114 cm³/mol. The lowest BCUT2D eigenvalue weighted by Gasteiger charge is -2.16. The van der Waals surface area contributed by atoms with E-state index in [0.717, 1.165) is 16.6 Å². The number of pyridine rings is 1. The van der Waals surface area contributed by atoms with E-state index in [9.17, 15) is 27.9 Å². The Kier molecular flexibility index (Phi) is 8.50. The lowest BCUT2D eigenvalue weighted by molar-refractivity contribution is -0.192. The summed E-state index contributed by atoms with van der Waals surface area (Å²) < 4.78 is 31.7. The first kappa shape index (κ1) is 26.1. The number of carboxylic acid groups (broad SMARTS) is 1. The number of hydrogen-bond donors (Lipinski definition) is 5. The van der Waals surface area contributed by atoms with Gasteiger partial charge in [0, 0.05) is 25.2 Å². The molecule has 0 radical (unpaired) electrons. The Labute approximate surface area is 190 Å². The third-order valence-electron chi connectivity index (χ3n) is 4.12. The fraction of sp³-hybridized carbons (Fsp3) is 0.250. The molecule has 0 spiro atoms. The lowest BCUT2D eigenvalue weighted by Crippen LogP contribution is -2.42. The van der Waals surface area contributed by atoms with Crippen LogP contribution in [0.25, 0.3) is 10.9 Å². The third-order valence-corrected chi connectivity index (χ3v) is 4.12. The maximum atomic E-state index is 12.2. The molecule has 0 aliphatic heterocycles. The smallest absolute Gasteiger partial charge is 0.475 e. The second kappa shape index (κ2) is 11.1. The quantitative estimate of drug-likeness (QED) is 0.353. The number of H-pyrrole nitrogens is 1. The van der Waals surface area contributed by atoms with E-state index < -0.39 is 30.1 Å². The van der Waals surface area contributed by atoms with Gasteiger partial charge in [0.2, 0.25) is 0 Å². The molecule has 34 heavy (non-hydrogen) atoms. The summed E-state index contributed by atoms with van der Waals surface area (Å²) in [4.78, 5) is 38.3. The van der Waals surface area contributed by atoms with Crippen molar-refractivity contribution in [1.82, 2.24) is 25.4 Å². The van der Waals surface area contributed by atoms with Crippen LogP contribution in [0.3, 0.4) is 0 Å². The number of aromatic amines is 1. The van der Waals surface area contributed by atoms with E-state index in [1.165, 1.54) is 19.0 Å². The average Bonchev–Trinajstić information content (AvgIpc) is 3.24. The van der Waals surface area contributed by atoms with Crippen molar-refractivity contribution in [1.29, 1.82) is 0 Å². The van der Waals surface area contributed by atoms with Crippen molar-refractivity contribution in [3.63, 3.8) is 0 Å². The van der Waals surface area contributed by atoms with Crippen molar-refractivity contribution in [2.45, 2.75) is 12.3 Å². The number of carbonyl (C=O) groups excluding carboxylic acids is 2. The first-order chi connectivity index (χ1) is 15.9. The van der Waals surface area contributed by atoms with Crippen LogP contribution in [0.2, 0.25) is 0 Å². The molecule has 5 N–H and O–H groups in total. The van der Waals surface area contributed by atoms with E-state index in [2.05, 4.69) is 25.8 Å². The molecule has 0 aliphatic carbocycles. The van der Waals surface area contributed by atoms with Crippen molar-refractivity contribution in [3.05, 3.63) is 48.3 Å². The number of carbonyl (C=O) groups is 3. The van der Waals surface area contributed by atoms with E-state index in [4.69, 9.17) is 9.90 Å². The number of halogens is 3. The van der Waals surface area contributed by atoms with Gasteiger partial charge in [0.15, 0.2) is 0 Å². The van der Waals surface area contributed by atoms with E-state index >= 15 is 0 Å². The van der Waals surface area contributed by atoms with Crippen LogP contribution < -0.4 is 10.6 Å². The van der Waals surface area contributed by atoms with Gasteiger partial charge in [0.25, 0.3) is 11.8 Å². The Hall–Kier alpha value is -4.20. The Morgan fingerprint density at radius 2 is 1.85 bits per heavy atom. The number of benzene rings is 1. The molecule has 3 aromatic rings. The number of hydrogen-bond acceptors (Lipinski definition) is 7. The molecule has 0 unspecified atom stereocenters. The summed E-state index contributed by atoms with van der Waals surface area (Å²) in [6.45, 7) is -0.188. The largest absolute Gasteiger partial charge is 0.490 e. The monoisotopic (exact) mass is 482 g/mol. The van der Waals surface area contributed by atoms with E-state index in [1.807, 2.05) is 18.2 Å². The Balaban J connectivity index is 0.000000509. The molecular formula is C20H21F3N6O5. The van der Waals surface area contributed by atoms with Gasteiger partial charge in [-0.25, -0.2) is 9.78 Å². The zero-order valence-corrected chi connectivity index (χ0v) is 17.9. The zero-order chi connectivity index (χ0) is 25.5. The summed E-state index contributed by atoms with van der Waals surface area (Å²) in [7, 11) is 3.07. The van der Waals surface area contributed by atoms with Gasteiger partial charge in [-0.05, 0) is 30.3 Å². The van der Waals surface area contributed by atoms with Crippen LogP contribution in [0.1, 0.15) is 10.5 Å². The molecule has 3 rings (SSSR count). The summed E-state index contributed by atoms with van der Waals surface area (Å²) in [5.74, 6) is -3.22. The number of amides is 2. The second-order valence-electron chi connectivity index (χ2n) is 6.97. The highest BCUT2D eigenvalue weighted by Crippen LogP contribution is 2.20. The van der Waals surface area contributed by atoms with Gasteiger partial charge in [-0.15, -0.1) is 0 Å². The molecule has 182 valence electrons. The lowest BCUT2D eigenvalue weighted by atomic mass is 10.2. The topological polar surface area (TPSA) is 161 Å². The Bertz CT molecular complexity index is 1160. The summed E-state index contributed by atoms with van der Waals surface area (Å²) in [5, 5.41) is 30.3. The molecule has 0 fully saturated rings. The van der Waals surface area contributed by atoms with Crippen LogP contribution >= 0.6 is 0 Å². The maximum absolute atomic E-state index is 12.2. The number of aliphatic hydroxyl groups is 1. The number of alkyl halides is 3. The molecule has 0 saturated carbocycles.